The molecule has 0 saturated heterocycles. The molecule has 0 aromatic heterocycles. The van der Waals surface area contributed by atoms with Crippen LogP contribution in [0.2, 0.25) is 0 Å². The van der Waals surface area contributed by atoms with E-state index in [1.165, 1.54) is 18.2 Å². The molecule has 0 fully saturated rings. The Kier molecular flexibility index (Phi) is 16.6. The summed E-state index contributed by atoms with van der Waals surface area (Å²) in [5.41, 5.74) is 5.40. The van der Waals surface area contributed by atoms with E-state index in [1.807, 2.05) is 23.6 Å². The van der Waals surface area contributed by atoms with Crippen molar-refractivity contribution in [2.45, 2.75) is 20.3 Å². The minimum Gasteiger partial charge on any atom is -0.461 e. The van der Waals surface area contributed by atoms with Crippen molar-refractivity contribution in [3.63, 3.8) is 0 Å². The standard InChI is InChI=1S/C22H34N4O6/c1-3-25(12-14-27)10-5-8-19(18-23)21(29)31-16-7-17-32-22(30)20(24)9-6-11-26(4-2)13-15-28/h5-6,8-11,27-28H,3-4,7,12-17,24H2,1-2H3/b10-5+,11-6+,19-8+,20-9+. The second-order valence-corrected chi connectivity index (χ2v) is 6.33. The Labute approximate surface area is 189 Å². The van der Waals surface area contributed by atoms with Gasteiger partial charge in [0.2, 0.25) is 0 Å². The van der Waals surface area contributed by atoms with Gasteiger partial charge in [-0.2, -0.15) is 5.26 Å². The summed E-state index contributed by atoms with van der Waals surface area (Å²) in [6, 6.07) is 1.77. The number of aliphatic hydroxyl groups is 2. The van der Waals surface area contributed by atoms with E-state index in [0.717, 1.165) is 0 Å². The zero-order valence-corrected chi connectivity index (χ0v) is 18.8. The highest BCUT2D eigenvalue weighted by Crippen LogP contribution is 2.01. The normalized spacial score (nSPS) is 12.1. The summed E-state index contributed by atoms with van der Waals surface area (Å²) in [4.78, 5) is 27.4. The number of carbonyl (C=O) groups is 2. The summed E-state index contributed by atoms with van der Waals surface area (Å²) in [7, 11) is 0. The van der Waals surface area contributed by atoms with Gasteiger partial charge in [0.1, 0.15) is 17.3 Å². The molecular weight excluding hydrogens is 416 g/mol. The molecule has 0 spiro atoms. The predicted molar refractivity (Wildman–Crippen MR) is 119 cm³/mol. The number of aliphatic hydroxyl groups excluding tert-OH is 2. The Morgan fingerprint density at radius 2 is 1.44 bits per heavy atom. The van der Waals surface area contributed by atoms with E-state index >= 15 is 0 Å². The Morgan fingerprint density at radius 3 is 1.91 bits per heavy atom. The highest BCUT2D eigenvalue weighted by atomic mass is 16.5. The summed E-state index contributed by atoms with van der Waals surface area (Å²) >= 11 is 0. The van der Waals surface area contributed by atoms with Crippen molar-refractivity contribution in [1.29, 1.82) is 5.26 Å². The van der Waals surface area contributed by atoms with Crippen LogP contribution in [-0.2, 0) is 19.1 Å². The number of nitriles is 1. The molecular formula is C22H34N4O6. The maximum absolute atomic E-state index is 11.9. The monoisotopic (exact) mass is 450 g/mol. The van der Waals surface area contributed by atoms with Crippen molar-refractivity contribution in [2.75, 3.05) is 52.6 Å². The molecule has 32 heavy (non-hydrogen) atoms. The molecule has 0 atom stereocenters. The average molecular weight is 451 g/mol. The minimum atomic E-state index is -0.776. The van der Waals surface area contributed by atoms with Crippen LogP contribution in [-0.4, -0.2) is 84.6 Å². The molecule has 0 aromatic carbocycles. The maximum Gasteiger partial charge on any atom is 0.354 e. The van der Waals surface area contributed by atoms with Crippen molar-refractivity contribution in [3.8, 4) is 6.07 Å². The van der Waals surface area contributed by atoms with Gasteiger partial charge in [-0.1, -0.05) is 0 Å². The zero-order chi connectivity index (χ0) is 24.2. The molecule has 0 saturated carbocycles. The Hall–Kier alpha value is -3.29. The van der Waals surface area contributed by atoms with E-state index in [2.05, 4.69) is 0 Å². The van der Waals surface area contributed by atoms with Gasteiger partial charge in [-0.05, 0) is 50.6 Å². The van der Waals surface area contributed by atoms with Crippen LogP contribution in [0.15, 0.2) is 48.0 Å². The number of nitrogens with two attached hydrogens (primary N) is 1. The fraction of sp³-hybridized carbons (Fsp3) is 0.500. The van der Waals surface area contributed by atoms with Gasteiger partial charge in [0.05, 0.1) is 26.4 Å². The van der Waals surface area contributed by atoms with E-state index in [1.54, 1.807) is 24.5 Å². The quantitative estimate of drug-likeness (QED) is 0.0992. The van der Waals surface area contributed by atoms with Crippen LogP contribution in [0.1, 0.15) is 20.3 Å². The number of hydrogen-bond donors (Lipinski definition) is 3. The first-order valence-corrected chi connectivity index (χ1v) is 10.4. The molecule has 0 unspecified atom stereocenters. The molecule has 0 amide bonds. The van der Waals surface area contributed by atoms with Crippen molar-refractivity contribution in [1.82, 2.24) is 9.80 Å². The smallest absolute Gasteiger partial charge is 0.354 e. The lowest BCUT2D eigenvalue weighted by Crippen LogP contribution is -2.20. The van der Waals surface area contributed by atoms with Gasteiger partial charge in [0.15, 0.2) is 0 Å². The second-order valence-electron chi connectivity index (χ2n) is 6.33. The molecule has 0 aromatic rings. The fourth-order valence-corrected chi connectivity index (χ4v) is 2.23. The third-order valence-corrected chi connectivity index (χ3v) is 4.05. The number of nitrogens with zero attached hydrogens (tertiary/aromatic N) is 3. The number of rotatable bonds is 16. The van der Waals surface area contributed by atoms with Gasteiger partial charge in [0, 0.05) is 32.6 Å². The van der Waals surface area contributed by atoms with Crippen molar-refractivity contribution >= 4 is 11.9 Å². The van der Waals surface area contributed by atoms with Crippen molar-refractivity contribution < 1.29 is 29.3 Å². The van der Waals surface area contributed by atoms with E-state index in [0.29, 0.717) is 26.2 Å². The lowest BCUT2D eigenvalue weighted by molar-refractivity contribution is -0.141. The van der Waals surface area contributed by atoms with Gasteiger partial charge < -0.3 is 35.2 Å². The summed E-state index contributed by atoms with van der Waals surface area (Å²) in [6.45, 7) is 6.13. The molecule has 10 nitrogen and oxygen atoms in total. The maximum atomic E-state index is 11.9. The predicted octanol–water partition coefficient (Wildman–Crippen LogP) is 0.411. The Balaban J connectivity index is 4.38. The number of ether oxygens (including phenoxy) is 2. The van der Waals surface area contributed by atoms with Crippen LogP contribution in [0, 0.1) is 11.3 Å². The molecule has 4 N–H and O–H groups in total. The molecule has 178 valence electrons. The molecule has 0 aliphatic rings. The summed E-state index contributed by atoms with van der Waals surface area (Å²) in [5.74, 6) is -1.47. The summed E-state index contributed by atoms with van der Waals surface area (Å²) in [6.07, 6.45) is 9.48. The first kappa shape index (κ1) is 28.7. The topological polar surface area (TPSA) is 149 Å². The van der Waals surface area contributed by atoms with Gasteiger partial charge in [0.25, 0.3) is 0 Å². The molecule has 0 aliphatic carbocycles. The molecule has 0 heterocycles. The summed E-state index contributed by atoms with van der Waals surface area (Å²) < 4.78 is 10.0. The number of allylic oxidation sites excluding steroid dienone is 4. The first-order chi connectivity index (χ1) is 15.4. The molecule has 0 bridgehead atoms. The lowest BCUT2D eigenvalue weighted by atomic mass is 10.2. The number of hydrogen-bond acceptors (Lipinski definition) is 10. The van der Waals surface area contributed by atoms with Crippen LogP contribution in [0.4, 0.5) is 0 Å². The van der Waals surface area contributed by atoms with Gasteiger partial charge >= 0.3 is 11.9 Å². The molecule has 0 rings (SSSR count). The average Bonchev–Trinajstić information content (AvgIpc) is 2.79. The molecule has 0 radical (unpaired) electrons. The highest BCUT2D eigenvalue weighted by molar-refractivity contribution is 5.93. The third-order valence-electron chi connectivity index (χ3n) is 4.05. The van der Waals surface area contributed by atoms with Crippen LogP contribution < -0.4 is 5.73 Å². The number of carbonyl (C=O) groups excluding carboxylic acids is 2. The SMILES string of the molecule is CCN(/C=C/C=C(/N)C(=O)OCCCOC(=O)/C(C#N)=C/C=C/N(CC)CCO)CCO. The van der Waals surface area contributed by atoms with Crippen LogP contribution in [0.5, 0.6) is 0 Å². The Morgan fingerprint density at radius 1 is 0.938 bits per heavy atom. The van der Waals surface area contributed by atoms with E-state index < -0.39 is 11.9 Å². The fourth-order valence-electron chi connectivity index (χ4n) is 2.23. The third kappa shape index (κ3) is 13.1. The largest absolute Gasteiger partial charge is 0.461 e. The van der Waals surface area contributed by atoms with Gasteiger partial charge in [-0.25, -0.2) is 9.59 Å². The highest BCUT2D eigenvalue weighted by Gasteiger charge is 2.10. The number of likely N-dealkylation sites (N-methyl/N-ethyl adjacent to an activating group) is 2. The van der Waals surface area contributed by atoms with E-state index in [4.69, 9.17) is 30.7 Å². The van der Waals surface area contributed by atoms with Crippen LogP contribution in [0.3, 0.4) is 0 Å². The first-order valence-electron chi connectivity index (χ1n) is 10.4. The van der Waals surface area contributed by atoms with Crippen molar-refractivity contribution in [3.05, 3.63) is 48.0 Å². The zero-order valence-electron chi connectivity index (χ0n) is 18.8. The molecule has 0 aliphatic heterocycles. The van der Waals surface area contributed by atoms with Crippen LogP contribution >= 0.6 is 0 Å². The second kappa shape index (κ2) is 18.5. The number of esters is 2. The summed E-state index contributed by atoms with van der Waals surface area (Å²) in [5, 5.41) is 26.9. The van der Waals surface area contributed by atoms with Gasteiger partial charge in [-0.15, -0.1) is 0 Å². The van der Waals surface area contributed by atoms with Crippen LogP contribution in [0.25, 0.3) is 0 Å². The van der Waals surface area contributed by atoms with Crippen molar-refractivity contribution in [2.24, 2.45) is 5.73 Å². The Bertz CT molecular complexity index is 724. The van der Waals surface area contributed by atoms with Gasteiger partial charge in [-0.3, -0.25) is 0 Å². The van der Waals surface area contributed by atoms with E-state index in [-0.39, 0.29) is 44.1 Å². The van der Waals surface area contributed by atoms with E-state index in [9.17, 15) is 9.59 Å². The lowest BCUT2D eigenvalue weighted by Gasteiger charge is -2.15. The molecule has 10 heteroatoms. The minimum absolute atomic E-state index is 0.000151.